The normalized spacial score (nSPS) is 11.1. The van der Waals surface area contributed by atoms with Crippen molar-refractivity contribution in [3.63, 3.8) is 0 Å². The Bertz CT molecular complexity index is 516. The topological polar surface area (TPSA) is 12.9 Å². The molecule has 1 heteroatoms. The fraction of sp³-hybridized carbons (Fsp3) is 0.500. The molecular formula is C18H25N. The Morgan fingerprint density at radius 1 is 0.947 bits per heavy atom. The molecule has 2 aromatic rings. The van der Waals surface area contributed by atoms with Gasteiger partial charge in [0.15, 0.2) is 0 Å². The van der Waals surface area contributed by atoms with E-state index in [4.69, 9.17) is 4.98 Å². The van der Waals surface area contributed by atoms with Crippen LogP contribution < -0.4 is 0 Å². The average Bonchev–Trinajstić information content (AvgIpc) is 2.43. The van der Waals surface area contributed by atoms with Gasteiger partial charge >= 0.3 is 0 Å². The minimum absolute atomic E-state index is 1.12. The Hall–Kier alpha value is -1.37. The Morgan fingerprint density at radius 2 is 1.68 bits per heavy atom. The zero-order valence-corrected chi connectivity index (χ0v) is 12.3. The van der Waals surface area contributed by atoms with Gasteiger partial charge in [0.1, 0.15) is 0 Å². The lowest BCUT2D eigenvalue weighted by Crippen LogP contribution is -1.93. The highest BCUT2D eigenvalue weighted by atomic mass is 14.7. The molecule has 1 heterocycles. The molecule has 1 aromatic carbocycles. The molecule has 0 aliphatic rings. The van der Waals surface area contributed by atoms with Gasteiger partial charge in [0, 0.05) is 11.1 Å². The van der Waals surface area contributed by atoms with Crippen LogP contribution in [0.4, 0.5) is 0 Å². The lowest BCUT2D eigenvalue weighted by atomic mass is 10.0. The second-order valence-corrected chi connectivity index (χ2v) is 5.47. The molecule has 0 aliphatic heterocycles. The number of hydrogen-bond acceptors (Lipinski definition) is 1. The zero-order valence-electron chi connectivity index (χ0n) is 12.3. The summed E-state index contributed by atoms with van der Waals surface area (Å²) < 4.78 is 0. The molecular weight excluding hydrogens is 230 g/mol. The summed E-state index contributed by atoms with van der Waals surface area (Å²) in [6, 6.07) is 10.7. The molecule has 0 atom stereocenters. The molecule has 102 valence electrons. The fourth-order valence-corrected chi connectivity index (χ4v) is 2.63. The molecule has 0 bridgehead atoms. The number of hydrogen-bond donors (Lipinski definition) is 0. The maximum atomic E-state index is 4.77. The van der Waals surface area contributed by atoms with Gasteiger partial charge in [0.05, 0.1) is 5.52 Å². The van der Waals surface area contributed by atoms with Crippen molar-refractivity contribution in [1.82, 2.24) is 4.98 Å². The first-order chi connectivity index (χ1) is 9.31. The van der Waals surface area contributed by atoms with Crippen LogP contribution in [0, 0.1) is 6.92 Å². The molecule has 0 unspecified atom stereocenters. The maximum Gasteiger partial charge on any atom is 0.0707 e. The van der Waals surface area contributed by atoms with Gasteiger partial charge in [-0.2, -0.15) is 0 Å². The van der Waals surface area contributed by atoms with E-state index in [1.165, 1.54) is 55.2 Å². The van der Waals surface area contributed by atoms with Crippen LogP contribution in [0.5, 0.6) is 0 Å². The number of pyridine rings is 1. The van der Waals surface area contributed by atoms with Crippen LogP contribution in [0.1, 0.15) is 56.7 Å². The molecule has 0 saturated carbocycles. The first kappa shape index (κ1) is 14.0. The number of benzene rings is 1. The number of rotatable bonds is 7. The summed E-state index contributed by atoms with van der Waals surface area (Å²) in [6.07, 6.45) is 9.21. The van der Waals surface area contributed by atoms with Gasteiger partial charge in [0.2, 0.25) is 0 Å². The quantitative estimate of drug-likeness (QED) is 0.600. The van der Waals surface area contributed by atoms with Gasteiger partial charge in [-0.15, -0.1) is 0 Å². The second kappa shape index (κ2) is 7.28. The van der Waals surface area contributed by atoms with Crippen LogP contribution in [0.3, 0.4) is 0 Å². The summed E-state index contributed by atoms with van der Waals surface area (Å²) in [5.74, 6) is 0. The van der Waals surface area contributed by atoms with E-state index in [2.05, 4.69) is 44.2 Å². The van der Waals surface area contributed by atoms with Gasteiger partial charge in [-0.05, 0) is 37.5 Å². The Labute approximate surface area is 117 Å². The third-order valence-corrected chi connectivity index (χ3v) is 3.76. The predicted molar refractivity (Wildman–Crippen MR) is 83.6 cm³/mol. The standard InChI is InChI=1S/C18H25N/c1-3-4-5-6-7-8-11-16-14-15(2)17-12-9-10-13-18(17)19-16/h9-10,12-14H,3-8,11H2,1-2H3. The summed E-state index contributed by atoms with van der Waals surface area (Å²) in [5.41, 5.74) is 3.75. The highest BCUT2D eigenvalue weighted by Crippen LogP contribution is 2.18. The SMILES string of the molecule is CCCCCCCCc1cc(C)c2ccccc2n1. The monoisotopic (exact) mass is 255 g/mol. The van der Waals surface area contributed by atoms with E-state index in [0.717, 1.165) is 11.9 Å². The lowest BCUT2D eigenvalue weighted by molar-refractivity contribution is 0.605. The smallest absolute Gasteiger partial charge is 0.0707 e. The molecule has 1 nitrogen and oxygen atoms in total. The van der Waals surface area contributed by atoms with E-state index in [9.17, 15) is 0 Å². The first-order valence-corrected chi connectivity index (χ1v) is 7.66. The van der Waals surface area contributed by atoms with Crippen LogP contribution in [-0.2, 0) is 6.42 Å². The van der Waals surface area contributed by atoms with Gasteiger partial charge in [-0.3, -0.25) is 4.98 Å². The summed E-state index contributed by atoms with van der Waals surface area (Å²) in [7, 11) is 0. The molecule has 0 saturated heterocycles. The highest BCUT2D eigenvalue weighted by molar-refractivity contribution is 5.81. The van der Waals surface area contributed by atoms with E-state index in [-0.39, 0.29) is 0 Å². The van der Waals surface area contributed by atoms with Crippen LogP contribution in [-0.4, -0.2) is 4.98 Å². The van der Waals surface area contributed by atoms with E-state index < -0.39 is 0 Å². The van der Waals surface area contributed by atoms with E-state index >= 15 is 0 Å². The van der Waals surface area contributed by atoms with E-state index in [1.54, 1.807) is 0 Å². The lowest BCUT2D eigenvalue weighted by Gasteiger charge is -2.06. The number of aryl methyl sites for hydroxylation is 2. The van der Waals surface area contributed by atoms with Crippen LogP contribution in [0.25, 0.3) is 10.9 Å². The molecule has 0 aliphatic carbocycles. The van der Waals surface area contributed by atoms with E-state index in [0.29, 0.717) is 0 Å². The third kappa shape index (κ3) is 4.05. The van der Waals surface area contributed by atoms with Gasteiger partial charge in [-0.1, -0.05) is 57.2 Å². The summed E-state index contributed by atoms with van der Waals surface area (Å²) >= 11 is 0. The van der Waals surface area contributed by atoms with Crippen molar-refractivity contribution < 1.29 is 0 Å². The van der Waals surface area contributed by atoms with Crippen molar-refractivity contribution in [2.24, 2.45) is 0 Å². The molecule has 0 spiro atoms. The minimum atomic E-state index is 1.12. The Kier molecular flexibility index (Phi) is 5.38. The fourth-order valence-electron chi connectivity index (χ4n) is 2.63. The molecule has 19 heavy (non-hydrogen) atoms. The summed E-state index contributed by atoms with van der Waals surface area (Å²) in [6.45, 7) is 4.45. The molecule has 0 amide bonds. The molecule has 0 radical (unpaired) electrons. The van der Waals surface area contributed by atoms with Crippen LogP contribution in [0.15, 0.2) is 30.3 Å². The highest BCUT2D eigenvalue weighted by Gasteiger charge is 2.02. The first-order valence-electron chi connectivity index (χ1n) is 7.66. The Balaban J connectivity index is 1.90. The number of nitrogens with zero attached hydrogens (tertiary/aromatic N) is 1. The second-order valence-electron chi connectivity index (χ2n) is 5.47. The Morgan fingerprint density at radius 3 is 2.53 bits per heavy atom. The number of aromatic nitrogens is 1. The van der Waals surface area contributed by atoms with Gasteiger partial charge < -0.3 is 0 Å². The van der Waals surface area contributed by atoms with Gasteiger partial charge in [-0.25, -0.2) is 0 Å². The largest absolute Gasteiger partial charge is 0.253 e. The van der Waals surface area contributed by atoms with E-state index in [1.807, 2.05) is 0 Å². The third-order valence-electron chi connectivity index (χ3n) is 3.76. The van der Waals surface area contributed by atoms with Crippen LogP contribution in [0.2, 0.25) is 0 Å². The number of para-hydroxylation sites is 1. The molecule has 0 N–H and O–H groups in total. The van der Waals surface area contributed by atoms with Crippen molar-refractivity contribution in [3.8, 4) is 0 Å². The average molecular weight is 255 g/mol. The van der Waals surface area contributed by atoms with Crippen molar-refractivity contribution in [1.29, 1.82) is 0 Å². The van der Waals surface area contributed by atoms with Gasteiger partial charge in [0.25, 0.3) is 0 Å². The number of unbranched alkanes of at least 4 members (excludes halogenated alkanes) is 5. The van der Waals surface area contributed by atoms with Crippen molar-refractivity contribution >= 4 is 10.9 Å². The molecule has 0 fully saturated rings. The van der Waals surface area contributed by atoms with Crippen molar-refractivity contribution in [2.75, 3.05) is 0 Å². The minimum Gasteiger partial charge on any atom is -0.253 e. The molecule has 1 aromatic heterocycles. The maximum absolute atomic E-state index is 4.77. The molecule has 2 rings (SSSR count). The van der Waals surface area contributed by atoms with Crippen LogP contribution >= 0.6 is 0 Å². The summed E-state index contributed by atoms with van der Waals surface area (Å²) in [5, 5.41) is 1.29. The number of fused-ring (bicyclic) bond motifs is 1. The van der Waals surface area contributed by atoms with Crippen molar-refractivity contribution in [2.45, 2.75) is 58.8 Å². The predicted octanol–water partition coefficient (Wildman–Crippen LogP) is 5.45. The van der Waals surface area contributed by atoms with Crippen molar-refractivity contribution in [3.05, 3.63) is 41.6 Å². The summed E-state index contributed by atoms with van der Waals surface area (Å²) in [4.78, 5) is 4.77. The zero-order chi connectivity index (χ0) is 13.5.